The predicted molar refractivity (Wildman–Crippen MR) is 76.4 cm³/mol. The SMILES string of the molecule is Cc1noc(COc2ccc(CNCC(C)C)cc2)n1. The van der Waals surface area contributed by atoms with Crippen LogP contribution in [0.2, 0.25) is 0 Å². The lowest BCUT2D eigenvalue weighted by atomic mass is 10.2. The summed E-state index contributed by atoms with van der Waals surface area (Å²) in [4.78, 5) is 4.09. The molecule has 0 aliphatic rings. The molecule has 0 bridgehead atoms. The van der Waals surface area contributed by atoms with Gasteiger partial charge in [-0.15, -0.1) is 0 Å². The monoisotopic (exact) mass is 275 g/mol. The maximum absolute atomic E-state index is 5.59. The van der Waals surface area contributed by atoms with Gasteiger partial charge in [-0.25, -0.2) is 0 Å². The molecular weight excluding hydrogens is 254 g/mol. The highest BCUT2D eigenvalue weighted by atomic mass is 16.5. The Morgan fingerprint density at radius 1 is 1.25 bits per heavy atom. The topological polar surface area (TPSA) is 60.2 Å². The molecule has 0 fully saturated rings. The minimum atomic E-state index is 0.297. The molecule has 0 aliphatic heterocycles. The second-order valence-corrected chi connectivity index (χ2v) is 5.19. The molecule has 1 N–H and O–H groups in total. The van der Waals surface area contributed by atoms with E-state index in [1.807, 2.05) is 12.1 Å². The van der Waals surface area contributed by atoms with Crippen LogP contribution in [-0.2, 0) is 13.2 Å². The molecule has 2 aromatic rings. The third-order valence-corrected chi connectivity index (χ3v) is 2.74. The average molecular weight is 275 g/mol. The summed E-state index contributed by atoms with van der Waals surface area (Å²) >= 11 is 0. The van der Waals surface area contributed by atoms with Crippen LogP contribution in [0.1, 0.15) is 31.1 Å². The maximum Gasteiger partial charge on any atom is 0.264 e. The van der Waals surface area contributed by atoms with Crippen molar-refractivity contribution in [1.82, 2.24) is 15.5 Å². The van der Waals surface area contributed by atoms with Gasteiger partial charge in [0.1, 0.15) is 5.75 Å². The molecule has 20 heavy (non-hydrogen) atoms. The highest BCUT2D eigenvalue weighted by molar-refractivity contribution is 5.27. The lowest BCUT2D eigenvalue weighted by Crippen LogP contribution is -2.18. The van der Waals surface area contributed by atoms with E-state index in [0.29, 0.717) is 24.2 Å². The number of nitrogens with zero attached hydrogens (tertiary/aromatic N) is 2. The Morgan fingerprint density at radius 2 is 2.00 bits per heavy atom. The molecule has 1 aromatic carbocycles. The smallest absolute Gasteiger partial charge is 0.264 e. The maximum atomic E-state index is 5.59. The molecule has 0 unspecified atom stereocenters. The fourth-order valence-corrected chi connectivity index (χ4v) is 1.75. The first-order valence-electron chi connectivity index (χ1n) is 6.85. The minimum absolute atomic E-state index is 0.297. The fraction of sp³-hybridized carbons (Fsp3) is 0.467. The molecule has 5 nitrogen and oxygen atoms in total. The summed E-state index contributed by atoms with van der Waals surface area (Å²) in [5.41, 5.74) is 1.24. The summed E-state index contributed by atoms with van der Waals surface area (Å²) in [5, 5.41) is 7.12. The number of ether oxygens (including phenoxy) is 1. The Labute approximate surface area is 119 Å². The van der Waals surface area contributed by atoms with Crippen molar-refractivity contribution >= 4 is 0 Å². The first-order valence-corrected chi connectivity index (χ1v) is 6.85. The van der Waals surface area contributed by atoms with Gasteiger partial charge in [-0.1, -0.05) is 31.1 Å². The van der Waals surface area contributed by atoms with Crippen LogP contribution >= 0.6 is 0 Å². The van der Waals surface area contributed by atoms with Crippen LogP contribution in [0, 0.1) is 12.8 Å². The van der Waals surface area contributed by atoms with Gasteiger partial charge in [0.25, 0.3) is 5.89 Å². The number of aromatic nitrogens is 2. The van der Waals surface area contributed by atoms with Gasteiger partial charge in [-0.05, 0) is 37.1 Å². The molecule has 1 heterocycles. The highest BCUT2D eigenvalue weighted by Gasteiger charge is 2.03. The Hall–Kier alpha value is -1.88. The molecule has 0 aliphatic carbocycles. The number of hydrogen-bond donors (Lipinski definition) is 1. The van der Waals surface area contributed by atoms with E-state index >= 15 is 0 Å². The molecule has 0 radical (unpaired) electrons. The van der Waals surface area contributed by atoms with E-state index in [0.717, 1.165) is 18.8 Å². The summed E-state index contributed by atoms with van der Waals surface area (Å²) in [6.07, 6.45) is 0. The van der Waals surface area contributed by atoms with Crippen LogP contribution in [0.25, 0.3) is 0 Å². The van der Waals surface area contributed by atoms with E-state index in [1.54, 1.807) is 6.92 Å². The summed E-state index contributed by atoms with van der Waals surface area (Å²) in [6.45, 7) is 8.38. The van der Waals surface area contributed by atoms with Crippen molar-refractivity contribution in [3.63, 3.8) is 0 Å². The van der Waals surface area contributed by atoms with Gasteiger partial charge >= 0.3 is 0 Å². The van der Waals surface area contributed by atoms with E-state index in [-0.39, 0.29) is 0 Å². The molecule has 2 rings (SSSR count). The zero-order chi connectivity index (χ0) is 14.4. The van der Waals surface area contributed by atoms with E-state index in [4.69, 9.17) is 9.26 Å². The van der Waals surface area contributed by atoms with Gasteiger partial charge < -0.3 is 14.6 Å². The molecule has 0 saturated carbocycles. The van der Waals surface area contributed by atoms with Gasteiger partial charge in [-0.2, -0.15) is 4.98 Å². The number of hydrogen-bond acceptors (Lipinski definition) is 5. The molecule has 1 aromatic heterocycles. The van der Waals surface area contributed by atoms with Crippen LogP contribution in [0.15, 0.2) is 28.8 Å². The Bertz CT molecular complexity index is 520. The fourth-order valence-electron chi connectivity index (χ4n) is 1.75. The van der Waals surface area contributed by atoms with Crippen molar-refractivity contribution in [1.29, 1.82) is 0 Å². The lowest BCUT2D eigenvalue weighted by Gasteiger charge is -2.08. The van der Waals surface area contributed by atoms with Gasteiger partial charge in [0.15, 0.2) is 12.4 Å². The number of aryl methyl sites for hydroxylation is 1. The highest BCUT2D eigenvalue weighted by Crippen LogP contribution is 2.13. The molecule has 108 valence electrons. The van der Waals surface area contributed by atoms with Crippen molar-refractivity contribution < 1.29 is 9.26 Å². The van der Waals surface area contributed by atoms with Crippen LogP contribution in [0.4, 0.5) is 0 Å². The van der Waals surface area contributed by atoms with Gasteiger partial charge in [-0.3, -0.25) is 0 Å². The quantitative estimate of drug-likeness (QED) is 0.842. The van der Waals surface area contributed by atoms with Crippen LogP contribution < -0.4 is 10.1 Å². The van der Waals surface area contributed by atoms with E-state index in [9.17, 15) is 0 Å². The Morgan fingerprint density at radius 3 is 2.60 bits per heavy atom. The lowest BCUT2D eigenvalue weighted by molar-refractivity contribution is 0.242. The van der Waals surface area contributed by atoms with Crippen LogP contribution in [0.5, 0.6) is 5.75 Å². The van der Waals surface area contributed by atoms with E-state index < -0.39 is 0 Å². The minimum Gasteiger partial charge on any atom is -0.484 e. The molecule has 0 amide bonds. The summed E-state index contributed by atoms with van der Waals surface area (Å²) in [6, 6.07) is 8.02. The second kappa shape index (κ2) is 7.05. The molecule has 0 spiro atoms. The van der Waals surface area contributed by atoms with Crippen LogP contribution in [-0.4, -0.2) is 16.7 Å². The zero-order valence-electron chi connectivity index (χ0n) is 12.2. The van der Waals surface area contributed by atoms with Gasteiger partial charge in [0.2, 0.25) is 0 Å². The third-order valence-electron chi connectivity index (χ3n) is 2.74. The molecule has 0 atom stereocenters. The van der Waals surface area contributed by atoms with Crippen molar-refractivity contribution in [3.05, 3.63) is 41.5 Å². The Balaban J connectivity index is 1.79. The zero-order valence-corrected chi connectivity index (χ0v) is 12.2. The van der Waals surface area contributed by atoms with Crippen LogP contribution in [0.3, 0.4) is 0 Å². The van der Waals surface area contributed by atoms with E-state index in [2.05, 4.69) is 41.4 Å². The first-order chi connectivity index (χ1) is 9.63. The average Bonchev–Trinajstić information content (AvgIpc) is 2.83. The van der Waals surface area contributed by atoms with Gasteiger partial charge in [0, 0.05) is 6.54 Å². The van der Waals surface area contributed by atoms with Gasteiger partial charge in [0.05, 0.1) is 0 Å². The van der Waals surface area contributed by atoms with Crippen molar-refractivity contribution in [3.8, 4) is 5.75 Å². The summed E-state index contributed by atoms with van der Waals surface area (Å²) in [7, 11) is 0. The van der Waals surface area contributed by atoms with Crippen molar-refractivity contribution in [2.24, 2.45) is 5.92 Å². The van der Waals surface area contributed by atoms with E-state index in [1.165, 1.54) is 5.56 Å². The largest absolute Gasteiger partial charge is 0.484 e. The second-order valence-electron chi connectivity index (χ2n) is 5.19. The predicted octanol–water partition coefficient (Wildman–Crippen LogP) is 2.70. The van der Waals surface area contributed by atoms with Crippen molar-refractivity contribution in [2.45, 2.75) is 33.9 Å². The molecule has 0 saturated heterocycles. The first kappa shape index (κ1) is 14.5. The molecule has 5 heteroatoms. The number of nitrogens with one attached hydrogen (secondary N) is 1. The Kier molecular flexibility index (Phi) is 5.12. The molecular formula is C15H21N3O2. The van der Waals surface area contributed by atoms with Crippen molar-refractivity contribution in [2.75, 3.05) is 6.54 Å². The normalized spacial score (nSPS) is 11.0. The number of benzene rings is 1. The summed E-state index contributed by atoms with van der Waals surface area (Å²) in [5.74, 6) is 2.57. The third kappa shape index (κ3) is 4.66. The number of rotatable bonds is 7. The standard InChI is InChI=1S/C15H21N3O2/c1-11(2)8-16-9-13-4-6-14(7-5-13)19-10-15-17-12(3)18-20-15/h4-7,11,16H,8-10H2,1-3H3. The summed E-state index contributed by atoms with van der Waals surface area (Å²) < 4.78 is 10.6.